The van der Waals surface area contributed by atoms with Gasteiger partial charge in [0.25, 0.3) is 5.91 Å². The van der Waals surface area contributed by atoms with Crippen molar-refractivity contribution in [2.75, 3.05) is 6.61 Å². The van der Waals surface area contributed by atoms with Gasteiger partial charge in [-0.3, -0.25) is 4.79 Å². The number of rotatable bonds is 6. The van der Waals surface area contributed by atoms with Crippen molar-refractivity contribution in [3.05, 3.63) is 35.9 Å². The van der Waals surface area contributed by atoms with E-state index >= 15 is 0 Å². The Balaban J connectivity index is 2.00. The Morgan fingerprint density at radius 1 is 1.38 bits per heavy atom. The molecule has 24 heavy (non-hydrogen) atoms. The van der Waals surface area contributed by atoms with Crippen LogP contribution in [0.2, 0.25) is 0 Å². The highest BCUT2D eigenvalue weighted by Gasteiger charge is 2.36. The van der Waals surface area contributed by atoms with Crippen molar-refractivity contribution < 1.29 is 14.4 Å². The zero-order valence-electron chi connectivity index (χ0n) is 14.0. The molecule has 0 saturated carbocycles. The fourth-order valence-corrected chi connectivity index (χ4v) is 3.08. The van der Waals surface area contributed by atoms with E-state index in [0.717, 1.165) is 12.8 Å². The van der Waals surface area contributed by atoms with E-state index in [9.17, 15) is 4.79 Å². The normalized spacial score (nSPS) is 22.0. The maximum absolute atomic E-state index is 12.1. The molecule has 7 heteroatoms. The molecule has 1 saturated heterocycles. The van der Waals surface area contributed by atoms with Gasteiger partial charge in [-0.1, -0.05) is 32.0 Å². The van der Waals surface area contributed by atoms with E-state index in [2.05, 4.69) is 24.6 Å². The van der Waals surface area contributed by atoms with Crippen LogP contribution in [0.25, 0.3) is 0 Å². The summed E-state index contributed by atoms with van der Waals surface area (Å²) in [6.07, 6.45) is 1.30. The summed E-state index contributed by atoms with van der Waals surface area (Å²) in [6, 6.07) is 8.92. The molecule has 0 bridgehead atoms. The van der Waals surface area contributed by atoms with Crippen LogP contribution in [0.15, 0.2) is 30.3 Å². The molecule has 3 atom stereocenters. The van der Waals surface area contributed by atoms with Crippen molar-refractivity contribution in [3.8, 4) is 0 Å². The molecule has 1 heterocycles. The molecular weight excluding hydrogens is 326 g/mol. The lowest BCUT2D eigenvalue weighted by Crippen LogP contribution is -2.53. The second-order valence-corrected chi connectivity index (χ2v) is 6.68. The minimum absolute atomic E-state index is 0.0152. The fraction of sp³-hybridized carbons (Fsp3) is 0.529. The first-order valence-corrected chi connectivity index (χ1v) is 8.58. The summed E-state index contributed by atoms with van der Waals surface area (Å²) in [6.45, 7) is 4.77. The van der Waals surface area contributed by atoms with Crippen LogP contribution < -0.4 is 16.5 Å². The van der Waals surface area contributed by atoms with Crippen LogP contribution in [0.4, 0.5) is 0 Å². The molecule has 1 aromatic carbocycles. The quantitative estimate of drug-likeness (QED) is 0.537. The number of hydrogen-bond donors (Lipinski definition) is 3. The van der Waals surface area contributed by atoms with Gasteiger partial charge in [-0.25, -0.2) is 10.3 Å². The summed E-state index contributed by atoms with van der Waals surface area (Å²) in [5.41, 5.74) is 8.67. The molecule has 132 valence electrons. The zero-order valence-corrected chi connectivity index (χ0v) is 14.8. The summed E-state index contributed by atoms with van der Waals surface area (Å²) in [5, 5.41) is 3.39. The summed E-state index contributed by atoms with van der Waals surface area (Å²) in [7, 11) is 0. The van der Waals surface area contributed by atoms with E-state index in [1.165, 1.54) is 0 Å². The molecule has 1 amide bonds. The third kappa shape index (κ3) is 5.15. The minimum Gasteiger partial charge on any atom is -0.376 e. The minimum atomic E-state index is -0.541. The second-order valence-electron chi connectivity index (χ2n) is 6.24. The van der Waals surface area contributed by atoms with E-state index in [1.807, 2.05) is 6.07 Å². The van der Waals surface area contributed by atoms with Crippen LogP contribution in [-0.2, 0) is 9.57 Å². The average Bonchev–Trinajstić information content (AvgIpc) is 2.58. The third-order valence-corrected chi connectivity index (χ3v) is 4.22. The highest BCUT2D eigenvalue weighted by atomic mass is 32.1. The lowest BCUT2D eigenvalue weighted by Gasteiger charge is -2.38. The largest absolute Gasteiger partial charge is 0.376 e. The first-order valence-electron chi connectivity index (χ1n) is 8.17. The number of nitrogens with one attached hydrogen (secondary N) is 2. The van der Waals surface area contributed by atoms with Crippen molar-refractivity contribution in [3.63, 3.8) is 0 Å². The molecule has 4 N–H and O–H groups in total. The molecule has 1 aromatic rings. The number of carbonyl (C=O) groups is 1. The number of amides is 1. The summed E-state index contributed by atoms with van der Waals surface area (Å²) >= 11 is 4.98. The molecule has 0 radical (unpaired) electrons. The fourth-order valence-electron chi connectivity index (χ4n) is 2.94. The Labute approximate surface area is 148 Å². The maximum atomic E-state index is 12.1. The highest BCUT2D eigenvalue weighted by Crippen LogP contribution is 2.28. The molecule has 2 unspecified atom stereocenters. The number of benzene rings is 1. The van der Waals surface area contributed by atoms with Crippen LogP contribution in [0.5, 0.6) is 0 Å². The van der Waals surface area contributed by atoms with Gasteiger partial charge in [-0.2, -0.15) is 0 Å². The van der Waals surface area contributed by atoms with Crippen molar-refractivity contribution in [2.45, 2.75) is 39.0 Å². The van der Waals surface area contributed by atoms with Crippen molar-refractivity contribution in [2.24, 2.45) is 17.6 Å². The maximum Gasteiger partial charge on any atom is 0.274 e. The number of carbonyl (C=O) groups excluding carboxylic acids is 1. The van der Waals surface area contributed by atoms with Gasteiger partial charge < -0.3 is 15.8 Å². The van der Waals surface area contributed by atoms with Crippen LogP contribution in [0.3, 0.4) is 0 Å². The molecule has 1 aliphatic heterocycles. The molecule has 0 aliphatic carbocycles. The number of nitrogens with two attached hydrogens (primary N) is 1. The number of ether oxygens (including phenoxy) is 1. The van der Waals surface area contributed by atoms with E-state index < -0.39 is 6.29 Å². The number of hydrogen-bond acceptors (Lipinski definition) is 4. The van der Waals surface area contributed by atoms with Crippen LogP contribution in [-0.4, -0.2) is 30.0 Å². The predicted octanol–water partition coefficient (Wildman–Crippen LogP) is 1.96. The van der Waals surface area contributed by atoms with Gasteiger partial charge in [0.2, 0.25) is 0 Å². The van der Waals surface area contributed by atoms with E-state index in [0.29, 0.717) is 12.2 Å². The Hall–Kier alpha value is -1.70. The molecule has 0 aromatic heterocycles. The molecule has 1 aliphatic rings. The monoisotopic (exact) mass is 351 g/mol. The summed E-state index contributed by atoms with van der Waals surface area (Å²) in [5.74, 6) is 0.0253. The number of hydroxylamine groups is 1. The van der Waals surface area contributed by atoms with E-state index in [-0.39, 0.29) is 28.9 Å². The van der Waals surface area contributed by atoms with E-state index in [1.54, 1.807) is 24.3 Å². The summed E-state index contributed by atoms with van der Waals surface area (Å²) < 4.78 is 5.73. The van der Waals surface area contributed by atoms with Crippen molar-refractivity contribution in [1.29, 1.82) is 0 Å². The van der Waals surface area contributed by atoms with Gasteiger partial charge in [-0.15, -0.1) is 0 Å². The van der Waals surface area contributed by atoms with Crippen molar-refractivity contribution in [1.82, 2.24) is 10.8 Å². The Morgan fingerprint density at radius 2 is 2.08 bits per heavy atom. The van der Waals surface area contributed by atoms with Crippen LogP contribution in [0, 0.1) is 11.8 Å². The zero-order chi connectivity index (χ0) is 17.5. The standard InChI is InChI=1S/C17H25N3O3S/c1-11(2)14(19-17(18)24)13-9-6-10-22-16(13)23-20-15(21)12-7-4-3-5-8-12/h3-5,7-8,11,13-14,16H,6,9-10H2,1-2H3,(H,20,21)(H3,18,19,24)/t13?,14-,16?/m1/s1. The van der Waals surface area contributed by atoms with Crippen LogP contribution in [0.1, 0.15) is 37.0 Å². The average molecular weight is 351 g/mol. The topological polar surface area (TPSA) is 85.6 Å². The Kier molecular flexibility index (Phi) is 6.96. The van der Waals surface area contributed by atoms with Gasteiger partial charge in [0.1, 0.15) is 0 Å². The lowest BCUT2D eigenvalue weighted by molar-refractivity contribution is -0.221. The summed E-state index contributed by atoms with van der Waals surface area (Å²) in [4.78, 5) is 17.7. The first kappa shape index (κ1) is 18.6. The predicted molar refractivity (Wildman–Crippen MR) is 96.0 cm³/mol. The molecule has 1 fully saturated rings. The van der Waals surface area contributed by atoms with Gasteiger partial charge in [-0.05, 0) is 43.1 Å². The van der Waals surface area contributed by atoms with Crippen molar-refractivity contribution >= 4 is 23.2 Å². The van der Waals surface area contributed by atoms with Gasteiger partial charge >= 0.3 is 0 Å². The number of thiocarbonyl (C=S) groups is 1. The lowest BCUT2D eigenvalue weighted by atomic mass is 9.85. The SMILES string of the molecule is CC(C)[C@@H](NC(N)=S)C1CCCOC1ONC(=O)c1ccccc1. The first-order chi connectivity index (χ1) is 11.5. The second kappa shape index (κ2) is 8.96. The smallest absolute Gasteiger partial charge is 0.274 e. The Morgan fingerprint density at radius 3 is 2.71 bits per heavy atom. The third-order valence-electron chi connectivity index (χ3n) is 4.11. The van der Waals surface area contributed by atoms with Gasteiger partial charge in [0, 0.05) is 24.1 Å². The van der Waals surface area contributed by atoms with Crippen LogP contribution >= 0.6 is 12.2 Å². The van der Waals surface area contributed by atoms with Gasteiger partial charge in [0.15, 0.2) is 11.4 Å². The molecule has 6 nitrogen and oxygen atoms in total. The Bertz CT molecular complexity index is 553. The highest BCUT2D eigenvalue weighted by molar-refractivity contribution is 7.80. The molecular formula is C17H25N3O3S. The molecule has 0 spiro atoms. The van der Waals surface area contributed by atoms with E-state index in [4.69, 9.17) is 27.5 Å². The molecule has 2 rings (SSSR count). The van der Waals surface area contributed by atoms with Gasteiger partial charge in [0.05, 0.1) is 0 Å².